The summed E-state index contributed by atoms with van der Waals surface area (Å²) in [5.41, 5.74) is -0.431. The van der Waals surface area contributed by atoms with E-state index in [1.807, 2.05) is 0 Å². The molecule has 8 aliphatic heterocycles. The highest BCUT2D eigenvalue weighted by molar-refractivity contribution is 5.74. The minimum atomic E-state index is -2.91. The highest BCUT2D eigenvalue weighted by atomic mass is 16.8. The van der Waals surface area contributed by atoms with Crippen LogP contribution in [0.2, 0.25) is 0 Å². The number of hydrogen-bond donors (Lipinski definition) is 33. The zero-order valence-corrected chi connectivity index (χ0v) is 66.0. The third-order valence-corrected chi connectivity index (χ3v) is 20.5. The van der Waals surface area contributed by atoms with Gasteiger partial charge in [0.15, 0.2) is 37.7 Å². The van der Waals surface area contributed by atoms with Crippen LogP contribution in [0, 0.1) is 20.2 Å². The van der Waals surface area contributed by atoms with E-state index in [0.717, 1.165) is 32.9 Å². The molecule has 8 aliphatic rings. The number of benzene rings is 2. The summed E-state index contributed by atoms with van der Waals surface area (Å²) in [4.78, 5) is 66.9. The molecule has 714 valence electrons. The van der Waals surface area contributed by atoms with Crippen molar-refractivity contribution in [2.24, 2.45) is 0 Å². The zero-order valence-electron chi connectivity index (χ0n) is 66.0. The molecule has 4 amide bonds. The molecule has 0 saturated carbocycles. The van der Waals surface area contributed by atoms with Gasteiger partial charge in [0.25, 0.3) is 11.4 Å². The number of aliphatic hydroxyl groups excluding tert-OH is 26. The number of non-ortho nitro benzene ring substituents is 2. The van der Waals surface area contributed by atoms with Gasteiger partial charge in [-0.1, -0.05) is 0 Å². The fraction of sp³-hybridized carbons (Fsp3) is 0.765. The number of carbonyl (C=O) groups excluding carboxylic acids is 4. The highest BCUT2D eigenvalue weighted by Gasteiger charge is 2.64. The van der Waals surface area contributed by atoms with Crippen LogP contribution in [-0.4, -0.2) is 479 Å². The molecule has 8 heterocycles. The molecule has 0 spiro atoms. The fourth-order valence-corrected chi connectivity index (χ4v) is 13.7. The van der Waals surface area contributed by atoms with Crippen molar-refractivity contribution in [3.05, 3.63) is 68.8 Å². The summed E-state index contributed by atoms with van der Waals surface area (Å²) in [5, 5.41) is 321. The molecule has 33 N–H and O–H groups in total. The van der Waals surface area contributed by atoms with Crippen molar-refractivity contribution in [2.75, 3.05) is 52.9 Å². The van der Waals surface area contributed by atoms with Crippen LogP contribution in [0.5, 0.6) is 11.5 Å². The van der Waals surface area contributed by atoms with E-state index >= 15 is 0 Å². The second-order valence-electron chi connectivity index (χ2n) is 29.3. The summed E-state index contributed by atoms with van der Waals surface area (Å²) < 4.78 is 74.3. The van der Waals surface area contributed by atoms with Crippen molar-refractivity contribution < 1.29 is 243 Å². The molecule has 2 aromatic carbocycles. The maximum Gasteiger partial charge on any atom is 0.269 e. The molecule has 8 fully saturated rings. The molecule has 40 atom stereocenters. The average molecular weight is 1820 g/mol. The van der Waals surface area contributed by atoms with Gasteiger partial charge in [-0.15, -0.1) is 0 Å². The molecule has 0 radical (unpaired) electrons. The summed E-state index contributed by atoms with van der Waals surface area (Å²) in [6.45, 7) is -2.14. The van der Waals surface area contributed by atoms with E-state index in [0.29, 0.717) is 0 Å². The second-order valence-corrected chi connectivity index (χ2v) is 29.3. The minimum Gasteiger partial charge on any atom is -0.463 e. The standard InChI is InChI=1S/C22H31N3O13.C18H25NO14.C16H28N2O12.C12H22O12/c1-9(28)23-15-18(31)17(30)13(7-26)36-22(15)38-20-14(8-27)37-21(16(19(20)32)24-10(2)29)35-12-5-3-11(4-6-12)25(33)34;20-5-9-11(22)12(23)13(24)17(31-9)33-18(27)10(6-21)32-16(14(25)15(18)26)30-8-3-1-7(2-4-8)19(28)29;1-5(21)17-9-12(24)11(23)7(3-19)28-15(9)30-16(27)8(4-20)29-14(26)10(13(16)25)18-6(2)22;13-1-3-5(15)6(16)7(17)11(22-3)24-12(21)4(2-14)23-10(20)8(18)9(12)19/h3-6,13-22,26-27,30-32H,7-8H2,1-2H3,(H,23,28)(H,24,29);1-4,9-17,20-27H,5-6H2;7-15,19-20,23-27H,3-4H2,1-2H3,(H,17,21)(H,18,22);3-11,13-21H,1-2H2/t13?,14?,15?,16?,17-,18+,19+,20+,21+,22-;9?,10?,11-,12-,13?,14?,15+,16+,17-,18+;7?,8?,9?,10?,11-,12+,13+,14+,15-,16+;3?,4?,5-,6-,7?,8?,9+,10+,11-,12+/m0000/s1. The van der Waals surface area contributed by atoms with Crippen LogP contribution in [0.25, 0.3) is 0 Å². The first-order valence-electron chi connectivity index (χ1n) is 37.7. The lowest BCUT2D eigenvalue weighted by atomic mass is 9.92. The van der Waals surface area contributed by atoms with Crippen LogP contribution in [0.15, 0.2) is 48.5 Å². The van der Waals surface area contributed by atoms with Crippen LogP contribution in [0.4, 0.5) is 11.4 Å². The van der Waals surface area contributed by atoms with E-state index in [9.17, 15) is 182 Å². The molecule has 2 aromatic rings. The van der Waals surface area contributed by atoms with Gasteiger partial charge in [-0.25, -0.2) is 0 Å². The third-order valence-electron chi connectivity index (χ3n) is 20.5. The lowest BCUT2D eigenvalue weighted by molar-refractivity contribution is -0.438. The van der Waals surface area contributed by atoms with Gasteiger partial charge in [-0.05, 0) is 24.3 Å². The molecule has 125 heavy (non-hydrogen) atoms. The number of aliphatic hydroxyl groups is 29. The maximum atomic E-state index is 11.9. The first kappa shape index (κ1) is 105. The van der Waals surface area contributed by atoms with Gasteiger partial charge in [0, 0.05) is 52.0 Å². The quantitative estimate of drug-likeness (QED) is 0.0236. The molecule has 16 unspecified atom stereocenters. The zero-order chi connectivity index (χ0) is 93.7. The Hall–Kier alpha value is -6.92. The number of amides is 4. The van der Waals surface area contributed by atoms with E-state index in [4.69, 9.17) is 71.4 Å². The molecule has 0 aliphatic carbocycles. The molecule has 0 aromatic heterocycles. The highest BCUT2D eigenvalue weighted by Crippen LogP contribution is 2.41. The second kappa shape index (κ2) is 45.6. The summed E-state index contributed by atoms with van der Waals surface area (Å²) in [7, 11) is 0. The van der Waals surface area contributed by atoms with E-state index in [1.54, 1.807) is 0 Å². The van der Waals surface area contributed by atoms with Crippen molar-refractivity contribution >= 4 is 35.0 Å². The lowest BCUT2D eigenvalue weighted by Gasteiger charge is -2.51. The van der Waals surface area contributed by atoms with E-state index in [2.05, 4.69) is 21.3 Å². The van der Waals surface area contributed by atoms with E-state index in [-0.39, 0.29) is 22.9 Å². The Morgan fingerprint density at radius 2 is 0.632 bits per heavy atom. The molecular weight excluding hydrogens is 1720 g/mol. The first-order valence-corrected chi connectivity index (χ1v) is 37.7. The minimum absolute atomic E-state index is 0.00571. The van der Waals surface area contributed by atoms with Gasteiger partial charge >= 0.3 is 0 Å². The van der Waals surface area contributed by atoms with E-state index in [1.165, 1.54) is 43.3 Å². The first-order chi connectivity index (χ1) is 58.6. The number of hydrogen-bond acceptors (Lipinski definition) is 51. The Labute approximate surface area is 703 Å². The molecule has 57 nitrogen and oxygen atoms in total. The maximum absolute atomic E-state index is 11.9. The molecule has 10 rings (SSSR count). The van der Waals surface area contributed by atoms with Crippen molar-refractivity contribution in [1.29, 1.82) is 0 Å². The van der Waals surface area contributed by atoms with E-state index < -0.39 is 331 Å². The number of nitrogens with zero attached hydrogens (tertiary/aromatic N) is 2. The number of nitrogens with one attached hydrogen (secondary N) is 4. The average Bonchev–Trinajstić information content (AvgIpc) is 0.757. The molecule has 0 bridgehead atoms. The Morgan fingerprint density at radius 3 is 1.01 bits per heavy atom. The van der Waals surface area contributed by atoms with Gasteiger partial charge in [0.1, 0.15) is 188 Å². The number of nitro benzene ring substituents is 2. The number of rotatable bonds is 26. The number of carbonyl (C=O) groups is 4. The van der Waals surface area contributed by atoms with Gasteiger partial charge < -0.3 is 236 Å². The number of nitro groups is 2. The Kier molecular flexibility index (Phi) is 38.3. The lowest BCUT2D eigenvalue weighted by Crippen LogP contribution is -2.74. The van der Waals surface area contributed by atoms with Crippen molar-refractivity contribution in [3.63, 3.8) is 0 Å². The third kappa shape index (κ3) is 24.4. The molecular formula is C68H106N6O51. The largest absolute Gasteiger partial charge is 0.463 e. The monoisotopic (exact) mass is 1820 g/mol. The van der Waals surface area contributed by atoms with Crippen molar-refractivity contribution in [3.8, 4) is 11.5 Å². The van der Waals surface area contributed by atoms with Crippen molar-refractivity contribution in [1.82, 2.24) is 21.3 Å². The van der Waals surface area contributed by atoms with Gasteiger partial charge in [-0.3, -0.25) is 39.4 Å². The Balaban J connectivity index is 0.000000232. The summed E-state index contributed by atoms with van der Waals surface area (Å²) >= 11 is 0. The fourth-order valence-electron chi connectivity index (χ4n) is 13.7. The van der Waals surface area contributed by atoms with Gasteiger partial charge in [-0.2, -0.15) is 0 Å². The molecule has 57 heteroatoms. The topological polar surface area (TPSA) is 919 Å². The Bertz CT molecular complexity index is 3740. The van der Waals surface area contributed by atoms with Gasteiger partial charge in [0.2, 0.25) is 53.6 Å². The van der Waals surface area contributed by atoms with Crippen LogP contribution in [0.3, 0.4) is 0 Å². The molecule has 8 saturated heterocycles. The SMILES string of the molecule is CC(=O)NC1[C@H](O[C@]2(O)C(CO)O[C@@H](O)C(NC(C)=O)[C@H]2O)OC(CO)[C@H](O)[C@@H]1O.CC(=O)NC1[C@H](Oc2ccc([N+](=O)[O-])cc2)OC(CO)[C@@H](O[C@@H]2OC(CO)[C@H](O)[C@H](O)C2NC(C)=O)[C@@H]1O.O=[N+]([O-])c1ccc(O[C@@H]2OC(CO)[C@@](O)(O[C@@H]3OC(CO)[C@H](O)[C@H](O)C3O)[C@H](O)C2O)cc1.OCC1O[C@@H](O[C@]2(O)C(CO)O[C@@H](O)C(O)[C@H]2O)C(O)[C@@H](O)[C@H]1O. The number of ether oxygens (including phenoxy) is 14. The predicted molar refractivity (Wildman–Crippen MR) is 387 cm³/mol. The summed E-state index contributed by atoms with van der Waals surface area (Å²) in [5.74, 6) is -11.0. The normalized spacial score (nSPS) is 42.5. The van der Waals surface area contributed by atoms with Crippen molar-refractivity contribution in [2.45, 2.75) is 272 Å². The summed E-state index contributed by atoms with van der Waals surface area (Å²) in [6.07, 6.45) is -56.9. The van der Waals surface area contributed by atoms with Crippen LogP contribution in [0.1, 0.15) is 27.7 Å². The van der Waals surface area contributed by atoms with Gasteiger partial charge in [0.05, 0.1) is 62.7 Å². The summed E-state index contributed by atoms with van der Waals surface area (Å²) in [6, 6.07) is 3.85. The Morgan fingerprint density at radius 1 is 0.328 bits per heavy atom. The predicted octanol–water partition coefficient (Wildman–Crippen LogP) is -19.1. The smallest absolute Gasteiger partial charge is 0.269 e. The van der Waals surface area contributed by atoms with Crippen LogP contribution in [-0.2, 0) is 76.0 Å². The van der Waals surface area contributed by atoms with Crippen LogP contribution < -0.4 is 30.7 Å². The van der Waals surface area contributed by atoms with Crippen LogP contribution >= 0.6 is 0 Å².